The number of hydrogen-bond acceptors (Lipinski definition) is 8. The Labute approximate surface area is 189 Å². The fourth-order valence-corrected chi connectivity index (χ4v) is 4.92. The van der Waals surface area contributed by atoms with E-state index in [1.165, 1.54) is 24.3 Å². The van der Waals surface area contributed by atoms with Crippen LogP contribution in [-0.2, 0) is 38.1 Å². The molecule has 0 amide bonds. The van der Waals surface area contributed by atoms with Gasteiger partial charge >= 0.3 is 0 Å². The van der Waals surface area contributed by atoms with Gasteiger partial charge in [-0.15, -0.1) is 0 Å². The van der Waals surface area contributed by atoms with Crippen molar-refractivity contribution in [3.63, 3.8) is 0 Å². The first kappa shape index (κ1) is 24.8. The van der Waals surface area contributed by atoms with Gasteiger partial charge in [0.25, 0.3) is 20.2 Å². The van der Waals surface area contributed by atoms with Gasteiger partial charge in [-0.05, 0) is 52.0 Å². The van der Waals surface area contributed by atoms with E-state index in [2.05, 4.69) is 0 Å². The van der Waals surface area contributed by atoms with E-state index < -0.39 is 31.4 Å². The fraction of sp³-hybridized carbons (Fsp3) is 0.455. The third kappa shape index (κ3) is 6.15. The summed E-state index contributed by atoms with van der Waals surface area (Å²) in [5.74, 6) is -0.894. The summed E-state index contributed by atoms with van der Waals surface area (Å²) in [6.45, 7) is 6.35. The number of rotatable bonds is 8. The molecule has 0 spiro atoms. The molecule has 1 saturated heterocycles. The van der Waals surface area contributed by atoms with Crippen LogP contribution in [0.1, 0.15) is 25.0 Å². The second kappa shape index (κ2) is 9.20. The van der Waals surface area contributed by atoms with Crippen molar-refractivity contribution in [3.8, 4) is 0 Å². The maximum absolute atomic E-state index is 12.6. The van der Waals surface area contributed by atoms with Crippen LogP contribution in [0.4, 0.5) is 0 Å². The van der Waals surface area contributed by atoms with Crippen LogP contribution in [0.5, 0.6) is 0 Å². The standard InChI is InChI=1S/C22H28O8S2/c1-17-5-9-19(10-6-17)31(23,24)29-15-22(13-27-21(3,4)28-14-22)16-30-32(25,26)20-11-7-18(2)8-12-20/h5-12H,13-16H2,1-4H3. The third-order valence-corrected chi connectivity index (χ3v) is 7.67. The first-order valence-electron chi connectivity index (χ1n) is 10.0. The number of benzene rings is 2. The Hall–Kier alpha value is -1.82. The maximum atomic E-state index is 12.6. The topological polar surface area (TPSA) is 105 Å². The minimum Gasteiger partial charge on any atom is -0.350 e. The van der Waals surface area contributed by atoms with Crippen molar-refractivity contribution in [1.82, 2.24) is 0 Å². The van der Waals surface area contributed by atoms with Crippen LogP contribution in [0.15, 0.2) is 58.3 Å². The molecule has 1 aliphatic heterocycles. The van der Waals surface area contributed by atoms with Gasteiger partial charge in [-0.1, -0.05) is 35.4 Å². The monoisotopic (exact) mass is 484 g/mol. The first-order valence-corrected chi connectivity index (χ1v) is 12.8. The summed E-state index contributed by atoms with van der Waals surface area (Å²) in [6.07, 6.45) is 0. The van der Waals surface area contributed by atoms with Crippen LogP contribution >= 0.6 is 0 Å². The Morgan fingerprint density at radius 3 is 1.41 bits per heavy atom. The second-order valence-corrected chi connectivity index (χ2v) is 11.8. The average molecular weight is 485 g/mol. The highest BCUT2D eigenvalue weighted by Gasteiger charge is 2.43. The smallest absolute Gasteiger partial charge is 0.296 e. The number of ether oxygens (including phenoxy) is 2. The van der Waals surface area contributed by atoms with Crippen molar-refractivity contribution in [1.29, 1.82) is 0 Å². The van der Waals surface area contributed by atoms with Gasteiger partial charge in [-0.25, -0.2) is 0 Å². The molecule has 1 heterocycles. The minimum atomic E-state index is -4.07. The largest absolute Gasteiger partial charge is 0.350 e. The molecular weight excluding hydrogens is 456 g/mol. The Bertz CT molecular complexity index is 1040. The summed E-state index contributed by atoms with van der Waals surface area (Å²) in [5.41, 5.74) is 0.670. The molecular formula is C22H28O8S2. The number of aryl methyl sites for hydroxylation is 2. The molecule has 0 unspecified atom stereocenters. The van der Waals surface area contributed by atoms with E-state index >= 15 is 0 Å². The predicted molar refractivity (Wildman–Crippen MR) is 117 cm³/mol. The third-order valence-electron chi connectivity index (χ3n) is 5.11. The van der Waals surface area contributed by atoms with E-state index in [0.29, 0.717) is 0 Å². The van der Waals surface area contributed by atoms with Gasteiger partial charge in [0.05, 0.1) is 41.6 Å². The molecule has 1 aliphatic rings. The molecule has 0 saturated carbocycles. The summed E-state index contributed by atoms with van der Waals surface area (Å²) in [4.78, 5) is 0.00819. The van der Waals surface area contributed by atoms with Crippen molar-refractivity contribution in [2.24, 2.45) is 5.41 Å². The molecule has 32 heavy (non-hydrogen) atoms. The molecule has 8 nitrogen and oxygen atoms in total. The van der Waals surface area contributed by atoms with Gasteiger partial charge in [0, 0.05) is 0 Å². The van der Waals surface area contributed by atoms with Gasteiger partial charge in [0.15, 0.2) is 5.79 Å². The molecule has 2 aromatic carbocycles. The van der Waals surface area contributed by atoms with Crippen LogP contribution in [-0.4, -0.2) is 49.1 Å². The number of hydrogen-bond donors (Lipinski definition) is 0. The van der Waals surface area contributed by atoms with Gasteiger partial charge in [0.2, 0.25) is 0 Å². The lowest BCUT2D eigenvalue weighted by Crippen LogP contribution is -2.51. The molecule has 0 bridgehead atoms. The zero-order valence-corrected chi connectivity index (χ0v) is 20.2. The van der Waals surface area contributed by atoms with Crippen LogP contribution in [0.2, 0.25) is 0 Å². The summed E-state index contributed by atoms with van der Waals surface area (Å²) < 4.78 is 72.5. The minimum absolute atomic E-state index is 0.00409. The molecule has 0 radical (unpaired) electrons. The molecule has 0 aliphatic carbocycles. The van der Waals surface area contributed by atoms with Crippen LogP contribution < -0.4 is 0 Å². The van der Waals surface area contributed by atoms with E-state index in [1.54, 1.807) is 38.1 Å². The van der Waals surface area contributed by atoms with Crippen molar-refractivity contribution in [3.05, 3.63) is 59.7 Å². The van der Waals surface area contributed by atoms with Crippen molar-refractivity contribution in [2.45, 2.75) is 43.3 Å². The normalized spacial score (nSPS) is 18.4. The van der Waals surface area contributed by atoms with Crippen LogP contribution in [0.25, 0.3) is 0 Å². The van der Waals surface area contributed by atoms with Gasteiger partial charge in [0.1, 0.15) is 0 Å². The molecule has 1 fully saturated rings. The molecule has 176 valence electrons. The molecule has 0 N–H and O–H groups in total. The van der Waals surface area contributed by atoms with E-state index in [1.807, 2.05) is 13.8 Å². The fourth-order valence-electron chi connectivity index (χ4n) is 2.90. The lowest BCUT2D eigenvalue weighted by Gasteiger charge is -2.42. The summed E-state index contributed by atoms with van der Waals surface area (Å²) in [6, 6.07) is 12.5. The summed E-state index contributed by atoms with van der Waals surface area (Å²) in [5, 5.41) is 0. The zero-order chi connectivity index (χ0) is 23.6. The molecule has 3 rings (SSSR count). The molecule has 0 atom stereocenters. The maximum Gasteiger partial charge on any atom is 0.296 e. The Morgan fingerprint density at radius 2 is 1.06 bits per heavy atom. The quantitative estimate of drug-likeness (QED) is 0.526. The highest BCUT2D eigenvalue weighted by molar-refractivity contribution is 7.87. The lowest BCUT2D eigenvalue weighted by atomic mass is 9.91. The second-order valence-electron chi connectivity index (χ2n) is 8.54. The van der Waals surface area contributed by atoms with Gasteiger partial charge in [-0.3, -0.25) is 8.37 Å². The Morgan fingerprint density at radius 1 is 0.719 bits per heavy atom. The lowest BCUT2D eigenvalue weighted by molar-refractivity contribution is -0.292. The summed E-state index contributed by atoms with van der Waals surface area (Å²) >= 11 is 0. The van der Waals surface area contributed by atoms with Gasteiger partial charge < -0.3 is 9.47 Å². The molecule has 10 heteroatoms. The van der Waals surface area contributed by atoms with Crippen molar-refractivity contribution >= 4 is 20.2 Å². The molecule has 0 aromatic heterocycles. The van der Waals surface area contributed by atoms with E-state index in [9.17, 15) is 16.8 Å². The van der Waals surface area contributed by atoms with Crippen LogP contribution in [0.3, 0.4) is 0 Å². The van der Waals surface area contributed by atoms with Crippen LogP contribution in [0, 0.1) is 19.3 Å². The SMILES string of the molecule is Cc1ccc(S(=O)(=O)OCC2(COS(=O)(=O)c3ccc(C)cc3)COC(C)(C)OC2)cc1. The zero-order valence-electron chi connectivity index (χ0n) is 18.5. The highest BCUT2D eigenvalue weighted by atomic mass is 32.2. The highest BCUT2D eigenvalue weighted by Crippen LogP contribution is 2.32. The van der Waals surface area contributed by atoms with E-state index in [0.717, 1.165) is 11.1 Å². The average Bonchev–Trinajstić information content (AvgIpc) is 2.73. The molecule has 2 aromatic rings. The van der Waals surface area contributed by atoms with E-state index in [4.69, 9.17) is 17.8 Å². The predicted octanol–water partition coefficient (Wildman–Crippen LogP) is 3.18. The summed E-state index contributed by atoms with van der Waals surface area (Å²) in [7, 11) is -8.14. The van der Waals surface area contributed by atoms with Crippen molar-refractivity contribution in [2.75, 3.05) is 26.4 Å². The Kier molecular flexibility index (Phi) is 7.14. The van der Waals surface area contributed by atoms with Crippen molar-refractivity contribution < 1.29 is 34.7 Å². The first-order chi connectivity index (χ1) is 14.8. The van der Waals surface area contributed by atoms with E-state index in [-0.39, 0.29) is 36.2 Å². The Balaban J connectivity index is 1.77. The van der Waals surface area contributed by atoms with Gasteiger partial charge in [-0.2, -0.15) is 16.8 Å².